The van der Waals surface area contributed by atoms with Crippen LogP contribution in [0, 0.1) is 11.3 Å². The van der Waals surface area contributed by atoms with E-state index in [1.165, 1.54) is 0 Å². The molecule has 0 spiro atoms. The summed E-state index contributed by atoms with van der Waals surface area (Å²) in [6.07, 6.45) is 1.55. The Morgan fingerprint density at radius 3 is 3.15 bits per heavy atom. The average molecular weight is 180 g/mol. The quantitative estimate of drug-likeness (QED) is 0.679. The molecule has 1 rings (SSSR count). The van der Waals surface area contributed by atoms with Crippen LogP contribution >= 0.6 is 0 Å². The van der Waals surface area contributed by atoms with Gasteiger partial charge in [0.2, 0.25) is 0 Å². The maximum Gasteiger partial charge on any atom is 0.164 e. The highest BCUT2D eigenvalue weighted by molar-refractivity contribution is 5.43. The molecule has 0 fully saturated rings. The molecule has 0 atom stereocenters. The lowest BCUT2D eigenvalue weighted by atomic mass is 10.4. The Morgan fingerprint density at radius 2 is 2.54 bits per heavy atom. The van der Waals surface area contributed by atoms with Gasteiger partial charge in [0, 0.05) is 13.2 Å². The number of rotatable bonds is 4. The van der Waals surface area contributed by atoms with Crippen LogP contribution in [0.4, 0.5) is 5.82 Å². The highest BCUT2D eigenvalue weighted by Gasteiger charge is 2.05. The zero-order valence-electron chi connectivity index (χ0n) is 7.53. The van der Waals surface area contributed by atoms with E-state index in [1.54, 1.807) is 10.9 Å². The molecule has 5 heteroatoms. The number of imidazole rings is 1. The van der Waals surface area contributed by atoms with Gasteiger partial charge in [0.25, 0.3) is 0 Å². The largest absolute Gasteiger partial charge is 0.381 e. The smallest absolute Gasteiger partial charge is 0.164 e. The summed E-state index contributed by atoms with van der Waals surface area (Å²) in [5, 5.41) is 8.71. The number of nitrogen functional groups attached to an aromatic ring is 1. The summed E-state index contributed by atoms with van der Waals surface area (Å²) in [5.41, 5.74) is 5.86. The molecular weight excluding hydrogens is 168 g/mol. The lowest BCUT2D eigenvalue weighted by Crippen LogP contribution is -2.07. The average Bonchev–Trinajstić information content (AvgIpc) is 2.47. The van der Waals surface area contributed by atoms with Crippen molar-refractivity contribution in [1.82, 2.24) is 9.55 Å². The van der Waals surface area contributed by atoms with E-state index in [1.807, 2.05) is 13.0 Å². The summed E-state index contributed by atoms with van der Waals surface area (Å²) >= 11 is 0. The van der Waals surface area contributed by atoms with Crippen LogP contribution in [0.2, 0.25) is 0 Å². The highest BCUT2D eigenvalue weighted by Crippen LogP contribution is 2.06. The van der Waals surface area contributed by atoms with Gasteiger partial charge in [-0.15, -0.1) is 0 Å². The van der Waals surface area contributed by atoms with E-state index in [4.69, 9.17) is 15.7 Å². The van der Waals surface area contributed by atoms with E-state index in [9.17, 15) is 0 Å². The van der Waals surface area contributed by atoms with Crippen LogP contribution in [0.1, 0.15) is 12.6 Å². The van der Waals surface area contributed by atoms with Crippen LogP contribution in [0.25, 0.3) is 0 Å². The predicted molar refractivity (Wildman–Crippen MR) is 47.8 cm³/mol. The Morgan fingerprint density at radius 1 is 1.77 bits per heavy atom. The molecule has 0 aromatic carbocycles. The molecule has 5 nitrogen and oxygen atoms in total. The van der Waals surface area contributed by atoms with Gasteiger partial charge in [-0.1, -0.05) is 0 Å². The van der Waals surface area contributed by atoms with Crippen molar-refractivity contribution in [2.24, 2.45) is 0 Å². The number of aromatic nitrogens is 2. The van der Waals surface area contributed by atoms with Crippen LogP contribution in [-0.2, 0) is 11.3 Å². The third-order valence-corrected chi connectivity index (χ3v) is 1.65. The first-order valence-electron chi connectivity index (χ1n) is 4.08. The van der Waals surface area contributed by atoms with Crippen LogP contribution in [0.3, 0.4) is 0 Å². The van der Waals surface area contributed by atoms with Gasteiger partial charge >= 0.3 is 0 Å². The molecule has 0 aliphatic carbocycles. The minimum absolute atomic E-state index is 0.277. The number of ether oxygens (including phenoxy) is 1. The molecule has 0 amide bonds. The van der Waals surface area contributed by atoms with Gasteiger partial charge in [-0.2, -0.15) is 5.26 Å². The Kier molecular flexibility index (Phi) is 3.29. The molecule has 0 saturated carbocycles. The zero-order chi connectivity index (χ0) is 9.68. The van der Waals surface area contributed by atoms with Gasteiger partial charge in [-0.3, -0.25) is 0 Å². The topological polar surface area (TPSA) is 76.9 Å². The van der Waals surface area contributed by atoms with E-state index >= 15 is 0 Å². The Bertz CT molecular complexity index is 312. The number of hydrogen-bond donors (Lipinski definition) is 1. The fourth-order valence-corrected chi connectivity index (χ4v) is 0.996. The summed E-state index contributed by atoms with van der Waals surface area (Å²) in [6.45, 7) is 3.78. The highest BCUT2D eigenvalue weighted by atomic mass is 16.5. The maximum atomic E-state index is 8.71. The van der Waals surface area contributed by atoms with Gasteiger partial charge in [-0.05, 0) is 6.92 Å². The van der Waals surface area contributed by atoms with Gasteiger partial charge in [0.15, 0.2) is 11.5 Å². The minimum atomic E-state index is 0.277. The van der Waals surface area contributed by atoms with Crippen LogP contribution in [-0.4, -0.2) is 22.8 Å². The van der Waals surface area contributed by atoms with E-state index < -0.39 is 0 Å². The predicted octanol–water partition coefficient (Wildman–Crippen LogP) is 0.373. The summed E-state index contributed by atoms with van der Waals surface area (Å²) < 4.78 is 6.83. The van der Waals surface area contributed by atoms with Gasteiger partial charge in [0.05, 0.1) is 12.9 Å². The number of nitrogens with zero attached hydrogens (tertiary/aromatic N) is 3. The molecule has 70 valence electrons. The maximum absolute atomic E-state index is 8.71. The first kappa shape index (κ1) is 9.55. The zero-order valence-corrected chi connectivity index (χ0v) is 7.53. The van der Waals surface area contributed by atoms with Crippen molar-refractivity contribution in [3.8, 4) is 6.07 Å². The first-order chi connectivity index (χ1) is 6.29. The monoisotopic (exact) mass is 180 g/mol. The van der Waals surface area contributed by atoms with Crippen LogP contribution in [0.15, 0.2) is 6.33 Å². The molecule has 0 bridgehead atoms. The fraction of sp³-hybridized carbons (Fsp3) is 0.500. The van der Waals surface area contributed by atoms with E-state index in [2.05, 4.69) is 4.98 Å². The second kappa shape index (κ2) is 4.48. The normalized spacial score (nSPS) is 9.85. The summed E-state index contributed by atoms with van der Waals surface area (Å²) in [5.74, 6) is 0.277. The van der Waals surface area contributed by atoms with Crippen LogP contribution < -0.4 is 5.73 Å². The van der Waals surface area contributed by atoms with Gasteiger partial charge in [0.1, 0.15) is 6.07 Å². The van der Waals surface area contributed by atoms with Crippen molar-refractivity contribution >= 4 is 5.82 Å². The Labute approximate surface area is 76.7 Å². The standard InChI is InChI=1S/C8H12N4O/c1-2-13-4-3-12-6-11-8(10)7(12)5-9/h6H,2-4,10H2,1H3. The molecule has 1 aromatic heterocycles. The molecule has 0 saturated heterocycles. The summed E-state index contributed by atoms with van der Waals surface area (Å²) in [4.78, 5) is 3.83. The molecule has 0 aliphatic rings. The Balaban J connectivity index is 2.62. The van der Waals surface area contributed by atoms with Crippen LogP contribution in [0.5, 0.6) is 0 Å². The van der Waals surface area contributed by atoms with E-state index in [0.29, 0.717) is 25.5 Å². The van der Waals surface area contributed by atoms with Crippen molar-refractivity contribution in [1.29, 1.82) is 5.26 Å². The molecule has 1 aromatic rings. The minimum Gasteiger partial charge on any atom is -0.381 e. The van der Waals surface area contributed by atoms with Gasteiger partial charge < -0.3 is 15.0 Å². The third-order valence-electron chi connectivity index (χ3n) is 1.65. The lowest BCUT2D eigenvalue weighted by Gasteiger charge is -2.02. The van der Waals surface area contributed by atoms with Crippen molar-refractivity contribution in [2.45, 2.75) is 13.5 Å². The molecule has 0 radical (unpaired) electrons. The van der Waals surface area contributed by atoms with Crippen molar-refractivity contribution in [3.05, 3.63) is 12.0 Å². The van der Waals surface area contributed by atoms with E-state index in [0.717, 1.165) is 0 Å². The lowest BCUT2D eigenvalue weighted by molar-refractivity contribution is 0.139. The SMILES string of the molecule is CCOCCn1cnc(N)c1C#N. The number of hydrogen-bond acceptors (Lipinski definition) is 4. The molecule has 0 unspecified atom stereocenters. The third kappa shape index (κ3) is 2.20. The van der Waals surface area contributed by atoms with Gasteiger partial charge in [-0.25, -0.2) is 4.98 Å². The summed E-state index contributed by atoms with van der Waals surface area (Å²) in [7, 11) is 0. The second-order valence-electron chi connectivity index (χ2n) is 2.48. The number of nitriles is 1. The van der Waals surface area contributed by atoms with Crippen molar-refractivity contribution in [2.75, 3.05) is 18.9 Å². The molecule has 1 heterocycles. The van der Waals surface area contributed by atoms with E-state index in [-0.39, 0.29) is 5.82 Å². The Hall–Kier alpha value is -1.54. The van der Waals surface area contributed by atoms with Crippen molar-refractivity contribution in [3.63, 3.8) is 0 Å². The fourth-order valence-electron chi connectivity index (χ4n) is 0.996. The van der Waals surface area contributed by atoms with Crippen molar-refractivity contribution < 1.29 is 4.74 Å². The second-order valence-corrected chi connectivity index (χ2v) is 2.48. The summed E-state index contributed by atoms with van der Waals surface area (Å²) in [6, 6.07) is 1.99. The molecular formula is C8H12N4O. The number of nitrogens with two attached hydrogens (primary N) is 1. The molecule has 13 heavy (non-hydrogen) atoms. The molecule has 2 N–H and O–H groups in total. The first-order valence-corrected chi connectivity index (χ1v) is 4.08. The molecule has 0 aliphatic heterocycles. The number of anilines is 1.